The Morgan fingerprint density at radius 1 is 0.957 bits per heavy atom. The van der Waals surface area contributed by atoms with Crippen molar-refractivity contribution >= 4 is 10.0 Å². The van der Waals surface area contributed by atoms with Gasteiger partial charge in [-0.1, -0.05) is 37.5 Å². The van der Waals surface area contributed by atoms with Gasteiger partial charge in [-0.3, -0.25) is 0 Å². The van der Waals surface area contributed by atoms with E-state index in [0.29, 0.717) is 18.0 Å². The molecule has 2 rings (SSSR count). The number of hydrogen-bond acceptors (Lipinski definition) is 3. The van der Waals surface area contributed by atoms with Gasteiger partial charge in [0.1, 0.15) is 0 Å². The Balaban J connectivity index is 2.08. The summed E-state index contributed by atoms with van der Waals surface area (Å²) >= 11 is 0. The molecule has 1 aliphatic rings. The zero-order valence-corrected chi connectivity index (χ0v) is 15.7. The molecular formula is C18H30N2O2S. The third-order valence-electron chi connectivity index (χ3n) is 4.61. The third kappa shape index (κ3) is 4.34. The van der Waals surface area contributed by atoms with E-state index < -0.39 is 10.0 Å². The van der Waals surface area contributed by atoms with Crippen LogP contribution in [0.5, 0.6) is 0 Å². The predicted octanol–water partition coefficient (Wildman–Crippen LogP) is 3.11. The molecule has 1 aromatic rings. The average Bonchev–Trinajstić information content (AvgIpc) is 2.46. The Morgan fingerprint density at radius 2 is 1.52 bits per heavy atom. The molecule has 0 unspecified atom stereocenters. The van der Waals surface area contributed by atoms with Crippen LogP contribution in [0.3, 0.4) is 0 Å². The van der Waals surface area contributed by atoms with Crippen LogP contribution in [0.15, 0.2) is 17.0 Å². The number of sulfonamides is 1. The lowest BCUT2D eigenvalue weighted by molar-refractivity contribution is 0.185. The van der Waals surface area contributed by atoms with Crippen molar-refractivity contribution in [3.63, 3.8) is 0 Å². The summed E-state index contributed by atoms with van der Waals surface area (Å²) in [5, 5.41) is 0. The smallest absolute Gasteiger partial charge is 0.243 e. The van der Waals surface area contributed by atoms with Crippen molar-refractivity contribution in [3.8, 4) is 0 Å². The number of nitrogens with zero attached hydrogens (tertiary/aromatic N) is 2. The Hall–Kier alpha value is -0.910. The Bertz CT molecular complexity index is 609. The molecule has 0 spiro atoms. The van der Waals surface area contributed by atoms with Gasteiger partial charge >= 0.3 is 0 Å². The lowest BCUT2D eigenvalue weighted by Gasteiger charge is -2.34. The average molecular weight is 339 g/mol. The minimum atomic E-state index is -3.38. The highest BCUT2D eigenvalue weighted by molar-refractivity contribution is 7.89. The van der Waals surface area contributed by atoms with Gasteiger partial charge in [-0.25, -0.2) is 8.42 Å². The zero-order valence-electron chi connectivity index (χ0n) is 14.9. The van der Waals surface area contributed by atoms with Crippen molar-refractivity contribution in [1.29, 1.82) is 0 Å². The molecule has 23 heavy (non-hydrogen) atoms. The predicted molar refractivity (Wildman–Crippen MR) is 95.4 cm³/mol. The van der Waals surface area contributed by atoms with E-state index in [9.17, 15) is 8.42 Å². The van der Waals surface area contributed by atoms with E-state index in [4.69, 9.17) is 0 Å². The molecule has 0 aliphatic carbocycles. The molecule has 0 bridgehead atoms. The maximum absolute atomic E-state index is 13.0. The van der Waals surface area contributed by atoms with E-state index in [2.05, 4.69) is 11.8 Å². The van der Waals surface area contributed by atoms with E-state index in [1.54, 1.807) is 4.31 Å². The molecule has 5 heteroatoms. The van der Waals surface area contributed by atoms with Gasteiger partial charge in [0.25, 0.3) is 0 Å². The van der Waals surface area contributed by atoms with E-state index in [-0.39, 0.29) is 0 Å². The fourth-order valence-corrected chi connectivity index (χ4v) is 5.32. The number of benzene rings is 1. The van der Waals surface area contributed by atoms with Crippen molar-refractivity contribution in [2.75, 3.05) is 32.7 Å². The Morgan fingerprint density at radius 3 is 2.04 bits per heavy atom. The van der Waals surface area contributed by atoms with Crippen LogP contribution in [-0.4, -0.2) is 50.3 Å². The molecule has 1 fully saturated rings. The molecule has 1 aliphatic heterocycles. The highest BCUT2D eigenvalue weighted by Gasteiger charge is 2.30. The van der Waals surface area contributed by atoms with Crippen molar-refractivity contribution in [2.24, 2.45) is 0 Å². The number of rotatable bonds is 6. The Labute approximate surface area is 141 Å². The molecule has 0 amide bonds. The first-order valence-electron chi connectivity index (χ1n) is 8.66. The van der Waals surface area contributed by atoms with Crippen molar-refractivity contribution in [1.82, 2.24) is 9.21 Å². The second-order valence-electron chi connectivity index (χ2n) is 6.68. The molecule has 1 saturated heterocycles. The van der Waals surface area contributed by atoms with E-state index in [1.807, 2.05) is 32.9 Å². The van der Waals surface area contributed by atoms with Crippen LogP contribution in [0.25, 0.3) is 0 Å². The van der Waals surface area contributed by atoms with Crippen molar-refractivity contribution in [2.45, 2.75) is 51.9 Å². The molecule has 0 saturated carbocycles. The van der Waals surface area contributed by atoms with Crippen LogP contribution in [0.1, 0.15) is 42.9 Å². The lowest BCUT2D eigenvalue weighted by atomic mass is 10.1. The number of hydrogen-bond donors (Lipinski definition) is 0. The summed E-state index contributed by atoms with van der Waals surface area (Å²) in [4.78, 5) is 2.89. The topological polar surface area (TPSA) is 40.6 Å². The van der Waals surface area contributed by atoms with Crippen LogP contribution in [0.4, 0.5) is 0 Å². The maximum atomic E-state index is 13.0. The van der Waals surface area contributed by atoms with Gasteiger partial charge in [-0.05, 0) is 44.9 Å². The SMILES string of the molecule is CCCCCN1CCN(S(=O)(=O)c2c(C)cc(C)cc2C)CC1. The summed E-state index contributed by atoms with van der Waals surface area (Å²) in [6.45, 7) is 12.0. The summed E-state index contributed by atoms with van der Waals surface area (Å²) in [5.74, 6) is 0. The van der Waals surface area contributed by atoms with Gasteiger partial charge in [-0.15, -0.1) is 0 Å². The number of unbranched alkanes of at least 4 members (excludes halogenated alkanes) is 2. The normalized spacial score (nSPS) is 17.6. The fraction of sp³-hybridized carbons (Fsp3) is 0.667. The Kier molecular flexibility index (Phi) is 6.23. The molecule has 0 aromatic heterocycles. The third-order valence-corrected chi connectivity index (χ3v) is 6.82. The summed E-state index contributed by atoms with van der Waals surface area (Å²) in [6, 6.07) is 3.92. The fourth-order valence-electron chi connectivity index (χ4n) is 3.48. The van der Waals surface area contributed by atoms with E-state index in [0.717, 1.165) is 36.3 Å². The first kappa shape index (κ1) is 18.4. The summed E-state index contributed by atoms with van der Waals surface area (Å²) < 4.78 is 27.7. The van der Waals surface area contributed by atoms with Gasteiger partial charge < -0.3 is 4.90 Å². The first-order valence-corrected chi connectivity index (χ1v) is 10.1. The number of piperazine rings is 1. The lowest BCUT2D eigenvalue weighted by Crippen LogP contribution is -2.48. The van der Waals surface area contributed by atoms with Gasteiger partial charge in [0.15, 0.2) is 0 Å². The van der Waals surface area contributed by atoms with Crippen LogP contribution >= 0.6 is 0 Å². The van der Waals surface area contributed by atoms with Gasteiger partial charge in [0.2, 0.25) is 10.0 Å². The zero-order chi connectivity index (χ0) is 17.0. The van der Waals surface area contributed by atoms with Crippen molar-refractivity contribution in [3.05, 3.63) is 28.8 Å². The van der Waals surface area contributed by atoms with Gasteiger partial charge in [-0.2, -0.15) is 4.31 Å². The van der Waals surface area contributed by atoms with Crippen LogP contribution in [0.2, 0.25) is 0 Å². The molecule has 0 radical (unpaired) electrons. The molecule has 0 N–H and O–H groups in total. The number of aryl methyl sites for hydroxylation is 3. The second-order valence-corrected chi connectivity index (χ2v) is 8.56. The standard InChI is InChI=1S/C18H30N2O2S/c1-5-6-7-8-19-9-11-20(12-10-19)23(21,22)18-16(3)13-15(2)14-17(18)4/h13-14H,5-12H2,1-4H3. The first-order chi connectivity index (χ1) is 10.9. The highest BCUT2D eigenvalue weighted by atomic mass is 32.2. The molecular weight excluding hydrogens is 308 g/mol. The summed E-state index contributed by atoms with van der Waals surface area (Å²) in [6.07, 6.45) is 3.68. The molecule has 1 heterocycles. The largest absolute Gasteiger partial charge is 0.301 e. The maximum Gasteiger partial charge on any atom is 0.243 e. The quantitative estimate of drug-likeness (QED) is 0.748. The van der Waals surface area contributed by atoms with Gasteiger partial charge in [0, 0.05) is 26.2 Å². The second kappa shape index (κ2) is 7.77. The highest BCUT2D eigenvalue weighted by Crippen LogP contribution is 2.26. The van der Waals surface area contributed by atoms with E-state index >= 15 is 0 Å². The molecule has 4 nitrogen and oxygen atoms in total. The summed E-state index contributed by atoms with van der Waals surface area (Å²) in [5.41, 5.74) is 2.82. The van der Waals surface area contributed by atoms with Crippen LogP contribution in [-0.2, 0) is 10.0 Å². The monoisotopic (exact) mass is 338 g/mol. The van der Waals surface area contributed by atoms with Crippen LogP contribution in [0, 0.1) is 20.8 Å². The minimum absolute atomic E-state index is 0.502. The van der Waals surface area contributed by atoms with Gasteiger partial charge in [0.05, 0.1) is 4.90 Å². The molecule has 130 valence electrons. The summed E-state index contributed by atoms with van der Waals surface area (Å²) in [7, 11) is -3.38. The van der Waals surface area contributed by atoms with Crippen molar-refractivity contribution < 1.29 is 8.42 Å². The van der Waals surface area contributed by atoms with E-state index in [1.165, 1.54) is 19.3 Å². The van der Waals surface area contributed by atoms with Crippen LogP contribution < -0.4 is 0 Å². The minimum Gasteiger partial charge on any atom is -0.301 e. The molecule has 1 aromatic carbocycles. The molecule has 0 atom stereocenters.